The largest absolute Gasteiger partial charge is 0.426 e. The number of carbonyl (C=O) groups excluding carboxylic acids is 1. The van der Waals surface area contributed by atoms with Gasteiger partial charge in [-0.1, -0.05) is 87.6 Å². The van der Waals surface area contributed by atoms with E-state index in [1.54, 1.807) is 0 Å². The maximum Gasteiger partial charge on any atom is 0.319 e. The van der Waals surface area contributed by atoms with Crippen LogP contribution in [0.5, 0.6) is 5.75 Å². The Morgan fingerprint density at radius 2 is 1.88 bits per heavy atom. The number of hydrogen-bond acceptors (Lipinski definition) is 2. The lowest BCUT2D eigenvalue weighted by molar-refractivity contribution is -0.176. The minimum atomic E-state index is -0.481. The van der Waals surface area contributed by atoms with E-state index in [-0.39, 0.29) is 25.4 Å². The van der Waals surface area contributed by atoms with Gasteiger partial charge in [-0.15, -0.1) is 0 Å². The number of fused-ring (bicyclic) bond motifs is 1. The molecule has 0 saturated heterocycles. The van der Waals surface area contributed by atoms with Gasteiger partial charge >= 0.3 is 5.97 Å². The third-order valence-electron chi connectivity index (χ3n) is 6.84. The molecule has 0 amide bonds. The van der Waals surface area contributed by atoms with Gasteiger partial charge in [-0.3, -0.25) is 4.79 Å². The van der Waals surface area contributed by atoms with Gasteiger partial charge in [0.25, 0.3) is 0 Å². The molecule has 1 aromatic carbocycles. The van der Waals surface area contributed by atoms with Crippen LogP contribution in [0.4, 0.5) is 0 Å². The Labute approximate surface area is 175 Å². The highest BCUT2D eigenvalue weighted by molar-refractivity contribution is 9.24. The third kappa shape index (κ3) is 2.40. The van der Waals surface area contributed by atoms with Gasteiger partial charge in [0.15, 0.2) is 0 Å². The molecule has 25 heavy (non-hydrogen) atoms. The lowest BCUT2D eigenvalue weighted by Gasteiger charge is -2.65. The van der Waals surface area contributed by atoms with Gasteiger partial charge in [0.05, 0.1) is 9.15 Å². The van der Waals surface area contributed by atoms with Crippen LogP contribution in [0.1, 0.15) is 57.6 Å². The van der Waals surface area contributed by atoms with E-state index >= 15 is 0 Å². The Morgan fingerprint density at radius 3 is 2.36 bits per heavy atom. The number of rotatable bonds is 4. The molecule has 3 aliphatic rings. The zero-order valence-corrected chi connectivity index (χ0v) is 20.1. The Hall–Kier alpha value is 0.130. The molecule has 2 nitrogen and oxygen atoms in total. The summed E-state index contributed by atoms with van der Waals surface area (Å²) in [6.45, 7) is 10.7. The fourth-order valence-corrected chi connectivity index (χ4v) is 9.94. The van der Waals surface area contributed by atoms with Crippen LogP contribution >= 0.6 is 47.8 Å². The van der Waals surface area contributed by atoms with Gasteiger partial charge in [0, 0.05) is 10.2 Å². The molecule has 4 rings (SSSR count). The smallest absolute Gasteiger partial charge is 0.319 e. The molecule has 0 spiro atoms. The average molecular weight is 537 g/mol. The molecule has 0 N–H and O–H groups in total. The minimum absolute atomic E-state index is 0.0134. The first kappa shape index (κ1) is 19.9. The van der Waals surface area contributed by atoms with E-state index in [1.807, 2.05) is 13.0 Å². The van der Waals surface area contributed by atoms with Crippen molar-refractivity contribution in [2.24, 2.45) is 16.2 Å². The van der Waals surface area contributed by atoms with E-state index in [0.717, 1.165) is 24.0 Å². The standard InChI is InChI=1S/C20H25Br3O2/c1-11(2)13-7-6-12(3)10-14(13)25-17(24)20-9-8-19(15(20)21,16(22)23)18(20,4)5/h6-7,10-11,15-16H,8-9H2,1-5H3. The van der Waals surface area contributed by atoms with Crippen molar-refractivity contribution in [3.05, 3.63) is 29.3 Å². The van der Waals surface area contributed by atoms with Crippen molar-refractivity contribution in [2.45, 2.75) is 61.9 Å². The Kier molecular flexibility index (Phi) is 5.04. The van der Waals surface area contributed by atoms with Crippen LogP contribution in [0, 0.1) is 23.2 Å². The predicted molar refractivity (Wildman–Crippen MR) is 113 cm³/mol. The fraction of sp³-hybridized carbons (Fsp3) is 0.650. The SMILES string of the molecule is Cc1ccc(C(C)C)c(OC(=O)C23CCC(C(Br)Br)(C2Br)C3(C)C)c1. The molecule has 0 heterocycles. The zero-order valence-electron chi connectivity index (χ0n) is 15.3. The second-order valence-electron chi connectivity index (χ2n) is 8.39. The quantitative estimate of drug-likeness (QED) is 0.243. The van der Waals surface area contributed by atoms with Crippen LogP contribution in [0.15, 0.2) is 18.2 Å². The van der Waals surface area contributed by atoms with E-state index in [1.165, 1.54) is 0 Å². The topological polar surface area (TPSA) is 26.3 Å². The fourth-order valence-electron chi connectivity index (χ4n) is 5.04. The lowest BCUT2D eigenvalue weighted by atomic mass is 9.43. The van der Waals surface area contributed by atoms with Crippen molar-refractivity contribution in [2.75, 3.05) is 0 Å². The monoisotopic (exact) mass is 534 g/mol. The van der Waals surface area contributed by atoms with Gasteiger partial charge < -0.3 is 4.74 Å². The molecule has 0 aliphatic heterocycles. The second kappa shape index (κ2) is 6.34. The highest BCUT2D eigenvalue weighted by Crippen LogP contribution is 2.82. The summed E-state index contributed by atoms with van der Waals surface area (Å²) in [5.41, 5.74) is 1.58. The third-order valence-corrected chi connectivity index (χ3v) is 10.1. The van der Waals surface area contributed by atoms with E-state index in [9.17, 15) is 4.79 Å². The second-order valence-corrected chi connectivity index (χ2v) is 12.4. The first-order valence-electron chi connectivity index (χ1n) is 8.77. The lowest BCUT2D eigenvalue weighted by Crippen LogP contribution is -2.71. The van der Waals surface area contributed by atoms with Gasteiger partial charge in [-0.25, -0.2) is 0 Å². The summed E-state index contributed by atoms with van der Waals surface area (Å²) in [7, 11) is 0. The van der Waals surface area contributed by atoms with Gasteiger partial charge in [0.2, 0.25) is 0 Å². The number of aryl methyl sites for hydroxylation is 1. The number of hydrogen-bond donors (Lipinski definition) is 0. The first-order valence-corrected chi connectivity index (χ1v) is 11.5. The average Bonchev–Trinajstić information content (AvgIpc) is 2.96. The summed E-state index contributed by atoms with van der Waals surface area (Å²) in [5, 5.41) is 0. The summed E-state index contributed by atoms with van der Waals surface area (Å²) in [4.78, 5) is 13.5. The summed E-state index contributed by atoms with van der Waals surface area (Å²) in [6.07, 6.45) is 1.85. The number of esters is 1. The molecule has 3 saturated carbocycles. The number of ether oxygens (including phenoxy) is 1. The van der Waals surface area contributed by atoms with Crippen LogP contribution < -0.4 is 4.74 Å². The van der Waals surface area contributed by atoms with E-state index in [4.69, 9.17) is 4.74 Å². The molecule has 3 atom stereocenters. The first-order chi connectivity index (χ1) is 11.5. The molecule has 3 aliphatic carbocycles. The highest BCUT2D eigenvalue weighted by Gasteiger charge is 2.84. The minimum Gasteiger partial charge on any atom is -0.426 e. The Balaban J connectivity index is 1.95. The van der Waals surface area contributed by atoms with Crippen LogP contribution in [0.3, 0.4) is 0 Å². The van der Waals surface area contributed by atoms with Crippen LogP contribution in [0.25, 0.3) is 0 Å². The number of carbonyl (C=O) groups is 1. The zero-order chi connectivity index (χ0) is 18.8. The summed E-state index contributed by atoms with van der Waals surface area (Å²) >= 11 is 11.3. The van der Waals surface area contributed by atoms with Crippen LogP contribution in [-0.4, -0.2) is 14.5 Å². The van der Waals surface area contributed by atoms with E-state index < -0.39 is 5.41 Å². The van der Waals surface area contributed by atoms with E-state index in [0.29, 0.717) is 11.7 Å². The van der Waals surface area contributed by atoms with Crippen molar-refractivity contribution in [1.82, 2.24) is 0 Å². The summed E-state index contributed by atoms with van der Waals surface area (Å²) in [6, 6.07) is 6.13. The summed E-state index contributed by atoms with van der Waals surface area (Å²) in [5.74, 6) is 0.927. The maximum atomic E-state index is 13.4. The normalized spacial score (nSPS) is 32.8. The molecule has 0 aromatic heterocycles. The molecule has 1 aromatic rings. The van der Waals surface area contributed by atoms with Crippen molar-refractivity contribution in [1.29, 1.82) is 0 Å². The van der Waals surface area contributed by atoms with Crippen molar-refractivity contribution in [3.8, 4) is 5.75 Å². The van der Waals surface area contributed by atoms with Gasteiger partial charge in [0.1, 0.15) is 5.75 Å². The van der Waals surface area contributed by atoms with Crippen molar-refractivity contribution < 1.29 is 9.53 Å². The Bertz CT molecular complexity index is 713. The van der Waals surface area contributed by atoms with Crippen LogP contribution in [-0.2, 0) is 4.79 Å². The van der Waals surface area contributed by atoms with Crippen LogP contribution in [0.2, 0.25) is 0 Å². The maximum absolute atomic E-state index is 13.4. The molecule has 138 valence electrons. The van der Waals surface area contributed by atoms with Gasteiger partial charge in [-0.05, 0) is 48.3 Å². The number of alkyl halides is 3. The number of halogens is 3. The summed E-state index contributed by atoms with van der Waals surface area (Å²) < 4.78 is 6.21. The molecular weight excluding hydrogens is 512 g/mol. The molecule has 3 fully saturated rings. The van der Waals surface area contributed by atoms with Gasteiger partial charge in [-0.2, -0.15) is 0 Å². The van der Waals surface area contributed by atoms with Crippen molar-refractivity contribution in [3.63, 3.8) is 0 Å². The highest BCUT2D eigenvalue weighted by atomic mass is 79.9. The number of benzene rings is 1. The molecular formula is C20H25Br3O2. The van der Waals surface area contributed by atoms with Crippen molar-refractivity contribution >= 4 is 53.8 Å². The molecule has 5 heteroatoms. The predicted octanol–water partition coefficient (Wildman–Crippen LogP) is 6.71. The molecule has 3 unspecified atom stereocenters. The molecule has 0 radical (unpaired) electrons. The van der Waals surface area contributed by atoms with E-state index in [2.05, 4.69) is 87.6 Å². The Morgan fingerprint density at radius 1 is 1.24 bits per heavy atom. The molecule has 2 bridgehead atoms.